The van der Waals surface area contributed by atoms with Crippen LogP contribution in [-0.4, -0.2) is 41.4 Å². The quantitative estimate of drug-likeness (QED) is 0.335. The van der Waals surface area contributed by atoms with Gasteiger partial charge in [-0.05, 0) is 36.6 Å². The molecule has 2 aromatic rings. The first-order chi connectivity index (χ1) is 15.1. The summed E-state index contributed by atoms with van der Waals surface area (Å²) in [5, 5.41) is 3.62. The molecular weight excluding hydrogens is 382 g/mol. The van der Waals surface area contributed by atoms with Crippen LogP contribution >= 0.6 is 0 Å². The molecule has 1 aromatic carbocycles. The smallest absolute Gasteiger partial charge is 0.338 e. The number of aromatic nitrogens is 2. The highest BCUT2D eigenvalue weighted by atomic mass is 16.6. The highest BCUT2D eigenvalue weighted by Crippen LogP contribution is 2.30. The minimum absolute atomic E-state index is 0.00119. The summed E-state index contributed by atoms with van der Waals surface area (Å²) in [7, 11) is 1.49. The summed E-state index contributed by atoms with van der Waals surface area (Å²) < 4.78 is 39.2. The summed E-state index contributed by atoms with van der Waals surface area (Å²) in [4.78, 5) is 41.0. The van der Waals surface area contributed by atoms with Gasteiger partial charge in [-0.1, -0.05) is 5.11 Å². The van der Waals surface area contributed by atoms with Gasteiger partial charge in [-0.15, -0.1) is 0 Å². The molecule has 1 aliphatic rings. The molecule has 1 N–H and O–H groups in total. The summed E-state index contributed by atoms with van der Waals surface area (Å²) in [6.45, 7) is -3.03. The molecule has 0 unspecified atom stereocenters. The second kappa shape index (κ2) is 8.63. The lowest BCUT2D eigenvalue weighted by Gasteiger charge is -2.17. The van der Waals surface area contributed by atoms with Gasteiger partial charge in [0.15, 0.2) is 0 Å². The molecule has 3 atom stereocenters. The van der Waals surface area contributed by atoms with Crippen molar-refractivity contribution < 1.29 is 23.1 Å². The molecule has 152 valence electrons. The SMILES string of the molecule is [2H]C([2H])([2H])c1cn([C@H]2C[C@@H](N=[N+]=[N-])[C@@H](COC(=O)c3ccc(OC)cc3)O2)c(=O)[nH]c1=O. The molecule has 0 saturated carbocycles. The predicted octanol–water partition coefficient (Wildman–Crippen LogP) is 1.68. The molecule has 0 amide bonds. The van der Waals surface area contributed by atoms with E-state index in [0.29, 0.717) is 5.75 Å². The van der Waals surface area contributed by atoms with E-state index in [-0.39, 0.29) is 18.6 Å². The molecule has 2 heterocycles. The lowest BCUT2D eigenvalue weighted by molar-refractivity contribution is -0.0363. The Morgan fingerprint density at radius 2 is 2.21 bits per heavy atom. The first-order valence-corrected chi connectivity index (χ1v) is 8.51. The van der Waals surface area contributed by atoms with E-state index in [0.717, 1.165) is 10.8 Å². The van der Waals surface area contributed by atoms with E-state index in [2.05, 4.69) is 10.0 Å². The molecule has 1 aliphatic heterocycles. The van der Waals surface area contributed by atoms with Gasteiger partial charge in [0.25, 0.3) is 5.56 Å². The number of azide groups is 1. The normalized spacial score (nSPS) is 22.7. The molecule has 11 heteroatoms. The van der Waals surface area contributed by atoms with E-state index < -0.39 is 48.0 Å². The number of aryl methyl sites for hydroxylation is 1. The molecule has 0 radical (unpaired) electrons. The summed E-state index contributed by atoms with van der Waals surface area (Å²) in [5.74, 6) is -0.0833. The Labute approximate surface area is 168 Å². The van der Waals surface area contributed by atoms with Crippen LogP contribution in [0.25, 0.3) is 10.4 Å². The lowest BCUT2D eigenvalue weighted by atomic mass is 10.1. The number of carbonyl (C=O) groups is 1. The summed E-state index contributed by atoms with van der Waals surface area (Å²) >= 11 is 0. The van der Waals surface area contributed by atoms with Crippen molar-refractivity contribution in [2.75, 3.05) is 13.7 Å². The number of hydrogen-bond donors (Lipinski definition) is 1. The minimum atomic E-state index is -2.75. The van der Waals surface area contributed by atoms with Crippen LogP contribution in [-0.2, 0) is 9.47 Å². The number of H-pyrrole nitrogens is 1. The number of nitrogens with one attached hydrogen (secondary N) is 1. The van der Waals surface area contributed by atoms with Crippen molar-refractivity contribution in [1.29, 1.82) is 0 Å². The average molecular weight is 404 g/mol. The van der Waals surface area contributed by atoms with E-state index in [1.807, 2.05) is 4.98 Å². The van der Waals surface area contributed by atoms with Gasteiger partial charge in [-0.25, -0.2) is 9.59 Å². The fraction of sp³-hybridized carbons (Fsp3) is 0.389. The van der Waals surface area contributed by atoms with E-state index in [9.17, 15) is 14.4 Å². The van der Waals surface area contributed by atoms with Crippen LogP contribution in [0.4, 0.5) is 0 Å². The number of rotatable bonds is 6. The van der Waals surface area contributed by atoms with Gasteiger partial charge in [-0.3, -0.25) is 14.3 Å². The average Bonchev–Trinajstić information content (AvgIpc) is 3.14. The maximum Gasteiger partial charge on any atom is 0.338 e. The van der Waals surface area contributed by atoms with Crippen LogP contribution in [0.15, 0.2) is 45.2 Å². The van der Waals surface area contributed by atoms with Gasteiger partial charge in [0.1, 0.15) is 24.7 Å². The molecule has 3 rings (SSSR count). The predicted molar refractivity (Wildman–Crippen MR) is 101 cm³/mol. The summed E-state index contributed by atoms with van der Waals surface area (Å²) in [5.41, 5.74) is 6.60. The number of nitrogens with zero attached hydrogens (tertiary/aromatic N) is 4. The van der Waals surface area contributed by atoms with Crippen LogP contribution in [0.1, 0.15) is 32.7 Å². The molecule has 1 aromatic heterocycles. The van der Waals surface area contributed by atoms with Crippen LogP contribution in [0.5, 0.6) is 5.75 Å². The number of ether oxygens (including phenoxy) is 3. The first kappa shape index (κ1) is 16.4. The van der Waals surface area contributed by atoms with E-state index in [1.54, 1.807) is 12.1 Å². The maximum atomic E-state index is 12.3. The third-order valence-electron chi connectivity index (χ3n) is 4.39. The Bertz CT molecular complexity index is 1150. The first-order valence-electron chi connectivity index (χ1n) is 10.0. The number of hydrogen-bond acceptors (Lipinski definition) is 7. The van der Waals surface area contributed by atoms with Gasteiger partial charge in [0, 0.05) is 27.2 Å². The van der Waals surface area contributed by atoms with E-state index >= 15 is 0 Å². The molecule has 1 saturated heterocycles. The Hall–Kier alpha value is -3.56. The number of aromatic amines is 1. The number of methoxy groups -OCH3 is 1. The maximum absolute atomic E-state index is 12.3. The molecular formula is C18H19N5O6. The summed E-state index contributed by atoms with van der Waals surface area (Å²) in [6.07, 6.45) is -1.03. The van der Waals surface area contributed by atoms with Crippen molar-refractivity contribution in [2.45, 2.75) is 31.6 Å². The van der Waals surface area contributed by atoms with E-state index in [1.165, 1.54) is 19.2 Å². The zero-order valence-corrected chi connectivity index (χ0v) is 15.3. The third-order valence-corrected chi connectivity index (χ3v) is 4.39. The third kappa shape index (κ3) is 4.48. The highest BCUT2D eigenvalue weighted by Gasteiger charge is 2.37. The van der Waals surface area contributed by atoms with Crippen LogP contribution in [0.2, 0.25) is 0 Å². The lowest BCUT2D eigenvalue weighted by Crippen LogP contribution is -2.33. The molecule has 1 fully saturated rings. The van der Waals surface area contributed by atoms with Crippen molar-refractivity contribution in [3.05, 3.63) is 72.9 Å². The molecule has 0 aliphatic carbocycles. The topological polar surface area (TPSA) is 148 Å². The van der Waals surface area contributed by atoms with Gasteiger partial charge in [-0.2, -0.15) is 0 Å². The fourth-order valence-corrected chi connectivity index (χ4v) is 2.89. The van der Waals surface area contributed by atoms with Crippen molar-refractivity contribution in [1.82, 2.24) is 9.55 Å². The number of carbonyl (C=O) groups excluding carboxylic acids is 1. The zero-order valence-electron chi connectivity index (χ0n) is 18.3. The Morgan fingerprint density at radius 1 is 1.45 bits per heavy atom. The minimum Gasteiger partial charge on any atom is -0.497 e. The van der Waals surface area contributed by atoms with Crippen LogP contribution in [0.3, 0.4) is 0 Å². The second-order valence-corrected chi connectivity index (χ2v) is 6.17. The van der Waals surface area contributed by atoms with Gasteiger partial charge < -0.3 is 14.2 Å². The van der Waals surface area contributed by atoms with Crippen molar-refractivity contribution >= 4 is 5.97 Å². The molecule has 0 bridgehead atoms. The summed E-state index contributed by atoms with van der Waals surface area (Å²) in [6, 6.07) is 5.41. The number of esters is 1. The zero-order chi connectivity index (χ0) is 23.5. The van der Waals surface area contributed by atoms with Gasteiger partial charge in [0.05, 0.1) is 18.7 Å². The Balaban J connectivity index is 1.77. The van der Waals surface area contributed by atoms with Crippen molar-refractivity contribution in [3.8, 4) is 5.75 Å². The highest BCUT2D eigenvalue weighted by molar-refractivity contribution is 5.89. The van der Waals surface area contributed by atoms with Crippen LogP contribution < -0.4 is 16.0 Å². The van der Waals surface area contributed by atoms with Gasteiger partial charge >= 0.3 is 11.7 Å². The molecule has 0 spiro atoms. The largest absolute Gasteiger partial charge is 0.497 e. The monoisotopic (exact) mass is 404 g/mol. The second-order valence-electron chi connectivity index (χ2n) is 6.17. The Morgan fingerprint density at radius 3 is 2.86 bits per heavy atom. The van der Waals surface area contributed by atoms with Crippen molar-refractivity contribution in [2.24, 2.45) is 5.11 Å². The Kier molecular flexibility index (Phi) is 4.88. The fourth-order valence-electron chi connectivity index (χ4n) is 2.89. The number of benzene rings is 1. The molecule has 29 heavy (non-hydrogen) atoms. The van der Waals surface area contributed by atoms with Crippen molar-refractivity contribution in [3.63, 3.8) is 0 Å². The van der Waals surface area contributed by atoms with Gasteiger partial charge in [0.2, 0.25) is 0 Å². The van der Waals surface area contributed by atoms with Crippen LogP contribution in [0, 0.1) is 6.85 Å². The molecule has 11 nitrogen and oxygen atoms in total. The standard InChI is InChI=1S/C18H19N5O6/c1-10-8-23(18(26)20-16(10)24)15-7-13(21-22-19)14(29-15)9-28-17(25)11-3-5-12(27-2)6-4-11/h3-6,8,13-15H,7,9H2,1-2H3,(H,20,24,26)/t13-,14-,15-/m1/s1/i1D3. The van der Waals surface area contributed by atoms with E-state index in [4.69, 9.17) is 23.9 Å².